The molecule has 1 N–H and O–H groups in total. The van der Waals surface area contributed by atoms with Gasteiger partial charge in [-0.3, -0.25) is 0 Å². The molecule has 0 saturated heterocycles. The molecule has 20 heavy (non-hydrogen) atoms. The molecule has 2 rings (SSSR count). The van der Waals surface area contributed by atoms with Crippen LogP contribution >= 0.6 is 0 Å². The molecule has 0 saturated carbocycles. The van der Waals surface area contributed by atoms with Crippen molar-refractivity contribution in [3.05, 3.63) is 52.7 Å². The van der Waals surface area contributed by atoms with Crippen molar-refractivity contribution < 1.29 is 4.74 Å². The number of ether oxygens (including phenoxy) is 1. The summed E-state index contributed by atoms with van der Waals surface area (Å²) in [6.45, 7) is 10.0. The van der Waals surface area contributed by atoms with Crippen molar-refractivity contribution in [3.63, 3.8) is 0 Å². The van der Waals surface area contributed by atoms with Crippen LogP contribution in [0.5, 0.6) is 11.6 Å². The van der Waals surface area contributed by atoms with E-state index in [1.165, 1.54) is 11.1 Å². The molecule has 0 amide bonds. The van der Waals surface area contributed by atoms with E-state index in [4.69, 9.17) is 4.74 Å². The van der Waals surface area contributed by atoms with Gasteiger partial charge in [-0.25, -0.2) is 4.98 Å². The standard InChI is InChI=1S/C17H22N2O/c1-5-18-11-15-7-6-10-19-17(15)20-16-13(3)9-8-12(2)14(16)4/h6-10,18H,5,11H2,1-4H3. The lowest BCUT2D eigenvalue weighted by Gasteiger charge is -2.15. The van der Waals surface area contributed by atoms with Gasteiger partial charge in [-0.05, 0) is 50.1 Å². The summed E-state index contributed by atoms with van der Waals surface area (Å²) >= 11 is 0. The Bertz CT molecular complexity index is 594. The van der Waals surface area contributed by atoms with Gasteiger partial charge in [-0.2, -0.15) is 0 Å². The van der Waals surface area contributed by atoms with Gasteiger partial charge in [0.25, 0.3) is 0 Å². The highest BCUT2D eigenvalue weighted by molar-refractivity contribution is 5.46. The summed E-state index contributed by atoms with van der Waals surface area (Å²) in [5.41, 5.74) is 4.61. The number of hydrogen-bond donors (Lipinski definition) is 1. The predicted molar refractivity (Wildman–Crippen MR) is 82.3 cm³/mol. The van der Waals surface area contributed by atoms with Crippen LogP contribution in [0.15, 0.2) is 30.5 Å². The summed E-state index contributed by atoms with van der Waals surface area (Å²) in [6.07, 6.45) is 1.77. The van der Waals surface area contributed by atoms with E-state index in [2.05, 4.69) is 50.1 Å². The monoisotopic (exact) mass is 270 g/mol. The van der Waals surface area contributed by atoms with Gasteiger partial charge in [-0.15, -0.1) is 0 Å². The number of aromatic nitrogens is 1. The molecule has 1 heterocycles. The summed E-state index contributed by atoms with van der Waals surface area (Å²) < 4.78 is 6.10. The van der Waals surface area contributed by atoms with Gasteiger partial charge in [0.2, 0.25) is 5.88 Å². The number of pyridine rings is 1. The molecule has 0 bridgehead atoms. The van der Waals surface area contributed by atoms with Crippen molar-refractivity contribution in [2.45, 2.75) is 34.2 Å². The highest BCUT2D eigenvalue weighted by Gasteiger charge is 2.11. The van der Waals surface area contributed by atoms with Crippen LogP contribution in [0.25, 0.3) is 0 Å². The molecule has 0 unspecified atom stereocenters. The molecule has 0 aliphatic heterocycles. The average Bonchev–Trinajstić information content (AvgIpc) is 2.46. The van der Waals surface area contributed by atoms with Crippen LogP contribution in [-0.2, 0) is 6.54 Å². The van der Waals surface area contributed by atoms with E-state index in [1.807, 2.05) is 12.1 Å². The first-order chi connectivity index (χ1) is 9.63. The molecule has 1 aromatic carbocycles. The minimum Gasteiger partial charge on any atom is -0.438 e. The van der Waals surface area contributed by atoms with E-state index in [0.717, 1.165) is 30.0 Å². The predicted octanol–water partition coefficient (Wildman–Crippen LogP) is 3.91. The summed E-state index contributed by atoms with van der Waals surface area (Å²) in [4.78, 5) is 4.38. The molecule has 0 aliphatic rings. The number of hydrogen-bond acceptors (Lipinski definition) is 3. The summed E-state index contributed by atoms with van der Waals surface area (Å²) in [5, 5.41) is 3.31. The van der Waals surface area contributed by atoms with E-state index in [9.17, 15) is 0 Å². The Hall–Kier alpha value is -1.87. The quantitative estimate of drug-likeness (QED) is 0.894. The van der Waals surface area contributed by atoms with E-state index < -0.39 is 0 Å². The van der Waals surface area contributed by atoms with E-state index >= 15 is 0 Å². The van der Waals surface area contributed by atoms with E-state index in [1.54, 1.807) is 6.20 Å². The van der Waals surface area contributed by atoms with Gasteiger partial charge in [0.15, 0.2) is 0 Å². The van der Waals surface area contributed by atoms with E-state index in [-0.39, 0.29) is 0 Å². The molecule has 0 spiro atoms. The minimum absolute atomic E-state index is 0.685. The number of aryl methyl sites for hydroxylation is 2. The summed E-state index contributed by atoms with van der Waals surface area (Å²) in [6, 6.07) is 8.20. The topological polar surface area (TPSA) is 34.2 Å². The van der Waals surface area contributed by atoms with Crippen LogP contribution in [0.2, 0.25) is 0 Å². The molecule has 2 aromatic rings. The Kier molecular flexibility index (Phi) is 4.74. The third-order valence-electron chi connectivity index (χ3n) is 3.49. The van der Waals surface area contributed by atoms with Crippen LogP contribution in [0.3, 0.4) is 0 Å². The number of nitrogens with zero attached hydrogens (tertiary/aromatic N) is 1. The molecule has 0 fully saturated rings. The average molecular weight is 270 g/mol. The molecule has 106 valence electrons. The largest absolute Gasteiger partial charge is 0.438 e. The number of benzene rings is 1. The van der Waals surface area contributed by atoms with Gasteiger partial charge < -0.3 is 10.1 Å². The minimum atomic E-state index is 0.685. The zero-order valence-corrected chi connectivity index (χ0v) is 12.7. The number of nitrogens with one attached hydrogen (secondary N) is 1. The van der Waals surface area contributed by atoms with Gasteiger partial charge in [0.1, 0.15) is 5.75 Å². The highest BCUT2D eigenvalue weighted by Crippen LogP contribution is 2.31. The van der Waals surface area contributed by atoms with Crippen LogP contribution in [0, 0.1) is 20.8 Å². The molecule has 3 nitrogen and oxygen atoms in total. The SMILES string of the molecule is CCNCc1cccnc1Oc1c(C)ccc(C)c1C. The summed E-state index contributed by atoms with van der Waals surface area (Å²) in [7, 11) is 0. The lowest BCUT2D eigenvalue weighted by atomic mass is 10.1. The molecule has 3 heteroatoms. The number of rotatable bonds is 5. The highest BCUT2D eigenvalue weighted by atomic mass is 16.5. The van der Waals surface area contributed by atoms with Gasteiger partial charge in [-0.1, -0.05) is 25.1 Å². The van der Waals surface area contributed by atoms with Crippen LogP contribution in [0.4, 0.5) is 0 Å². The smallest absolute Gasteiger partial charge is 0.223 e. The second kappa shape index (κ2) is 6.53. The van der Waals surface area contributed by atoms with E-state index in [0.29, 0.717) is 5.88 Å². The first-order valence-corrected chi connectivity index (χ1v) is 7.02. The molecular formula is C17H22N2O. The second-order valence-electron chi connectivity index (χ2n) is 5.00. The molecule has 0 atom stereocenters. The lowest BCUT2D eigenvalue weighted by molar-refractivity contribution is 0.446. The Balaban J connectivity index is 2.33. The maximum Gasteiger partial charge on any atom is 0.223 e. The molecule has 0 radical (unpaired) electrons. The Morgan fingerprint density at radius 3 is 2.60 bits per heavy atom. The fourth-order valence-electron chi connectivity index (χ4n) is 2.09. The molecular weight excluding hydrogens is 248 g/mol. The maximum absolute atomic E-state index is 6.10. The maximum atomic E-state index is 6.10. The Morgan fingerprint density at radius 2 is 1.85 bits per heavy atom. The van der Waals surface area contributed by atoms with Crippen molar-refractivity contribution in [2.24, 2.45) is 0 Å². The van der Waals surface area contributed by atoms with Gasteiger partial charge in [0, 0.05) is 18.3 Å². The van der Waals surface area contributed by atoms with Crippen LogP contribution < -0.4 is 10.1 Å². The van der Waals surface area contributed by atoms with Gasteiger partial charge in [0.05, 0.1) is 0 Å². The third kappa shape index (κ3) is 3.17. The molecule has 0 aliphatic carbocycles. The third-order valence-corrected chi connectivity index (χ3v) is 3.49. The Morgan fingerprint density at radius 1 is 1.10 bits per heavy atom. The lowest BCUT2D eigenvalue weighted by Crippen LogP contribution is -2.13. The van der Waals surface area contributed by atoms with Crippen molar-refractivity contribution in [1.82, 2.24) is 10.3 Å². The van der Waals surface area contributed by atoms with Gasteiger partial charge >= 0.3 is 0 Å². The first kappa shape index (κ1) is 14.5. The first-order valence-electron chi connectivity index (χ1n) is 7.02. The van der Waals surface area contributed by atoms with Crippen LogP contribution in [-0.4, -0.2) is 11.5 Å². The van der Waals surface area contributed by atoms with Crippen molar-refractivity contribution in [1.29, 1.82) is 0 Å². The van der Waals surface area contributed by atoms with Crippen molar-refractivity contribution in [3.8, 4) is 11.6 Å². The molecule has 1 aromatic heterocycles. The second-order valence-corrected chi connectivity index (χ2v) is 5.00. The zero-order chi connectivity index (χ0) is 14.5. The Labute approximate surface area is 121 Å². The summed E-state index contributed by atoms with van der Waals surface area (Å²) in [5.74, 6) is 1.60. The van der Waals surface area contributed by atoms with Crippen molar-refractivity contribution in [2.75, 3.05) is 6.54 Å². The van der Waals surface area contributed by atoms with Crippen LogP contribution in [0.1, 0.15) is 29.2 Å². The van der Waals surface area contributed by atoms with Crippen molar-refractivity contribution >= 4 is 0 Å². The fraction of sp³-hybridized carbons (Fsp3) is 0.353. The fourth-order valence-corrected chi connectivity index (χ4v) is 2.09. The zero-order valence-electron chi connectivity index (χ0n) is 12.7. The normalized spacial score (nSPS) is 10.6.